The molecule has 0 fully saturated rings. The van der Waals surface area contributed by atoms with Crippen LogP contribution in [-0.4, -0.2) is 11.0 Å². The molecule has 0 radical (unpaired) electrons. The summed E-state index contributed by atoms with van der Waals surface area (Å²) in [5.74, 6) is 0. The first-order valence-corrected chi connectivity index (χ1v) is 5.17. The number of hydrogen-bond acceptors (Lipinski definition) is 2. The predicted octanol–water partition coefficient (Wildman–Crippen LogP) is 2.45. The van der Waals surface area contributed by atoms with E-state index in [9.17, 15) is 0 Å². The second-order valence-electron chi connectivity index (χ2n) is 3.81. The summed E-state index contributed by atoms with van der Waals surface area (Å²) in [4.78, 5) is 4.12. The third-order valence-corrected chi connectivity index (χ3v) is 2.68. The van der Waals surface area contributed by atoms with Gasteiger partial charge in [0.25, 0.3) is 0 Å². The number of nitrogens with one attached hydrogen (secondary N) is 1. The van der Waals surface area contributed by atoms with Gasteiger partial charge in [0.15, 0.2) is 0 Å². The van der Waals surface area contributed by atoms with Gasteiger partial charge in [-0.2, -0.15) is 0 Å². The fourth-order valence-electron chi connectivity index (χ4n) is 1.84. The first kappa shape index (κ1) is 9.41. The second kappa shape index (κ2) is 4.38. The van der Waals surface area contributed by atoms with Gasteiger partial charge < -0.3 is 5.32 Å². The van der Waals surface area contributed by atoms with Gasteiger partial charge in [-0.05, 0) is 31.4 Å². The number of hydrogen-bond donors (Lipinski definition) is 1. The van der Waals surface area contributed by atoms with E-state index in [1.54, 1.807) is 0 Å². The highest BCUT2D eigenvalue weighted by Gasteiger charge is 2.13. The predicted molar refractivity (Wildman–Crippen MR) is 57.9 cm³/mol. The number of nitrogens with zero attached hydrogens (tertiary/aromatic N) is 1. The van der Waals surface area contributed by atoms with Gasteiger partial charge in [-0.1, -0.05) is 18.2 Å². The molecule has 1 aromatic heterocycles. The molecule has 1 unspecified atom stereocenters. The van der Waals surface area contributed by atoms with Crippen LogP contribution in [-0.2, 0) is 0 Å². The Bertz CT molecular complexity index is 297. The zero-order valence-corrected chi connectivity index (χ0v) is 8.48. The molecular weight excluding hydrogens is 172 g/mol. The Labute approximate surface area is 85.1 Å². The smallest absolute Gasteiger partial charge is 0.0315 e. The first-order chi connectivity index (χ1) is 6.86. The van der Waals surface area contributed by atoms with E-state index in [1.807, 2.05) is 18.5 Å². The van der Waals surface area contributed by atoms with Gasteiger partial charge in [0.05, 0.1) is 0 Å². The van der Waals surface area contributed by atoms with E-state index in [-0.39, 0.29) is 0 Å². The molecule has 1 aromatic rings. The third-order valence-electron chi connectivity index (χ3n) is 2.68. The van der Waals surface area contributed by atoms with Gasteiger partial charge >= 0.3 is 0 Å². The van der Waals surface area contributed by atoms with Crippen molar-refractivity contribution >= 4 is 0 Å². The van der Waals surface area contributed by atoms with Crippen molar-refractivity contribution in [3.8, 4) is 0 Å². The molecule has 2 nitrogen and oxygen atoms in total. The average Bonchev–Trinajstić information content (AvgIpc) is 2.72. The minimum atomic E-state index is 0.397. The molecule has 1 aliphatic rings. The molecule has 0 aromatic carbocycles. The van der Waals surface area contributed by atoms with Crippen LogP contribution in [0.2, 0.25) is 0 Å². The van der Waals surface area contributed by atoms with Gasteiger partial charge in [0, 0.05) is 24.5 Å². The minimum Gasteiger partial charge on any atom is -0.307 e. The number of rotatable bonds is 3. The van der Waals surface area contributed by atoms with E-state index < -0.39 is 0 Å². The molecule has 2 heteroatoms. The summed E-state index contributed by atoms with van der Waals surface area (Å²) in [5, 5.41) is 3.59. The van der Waals surface area contributed by atoms with E-state index in [4.69, 9.17) is 0 Å². The van der Waals surface area contributed by atoms with Crippen molar-refractivity contribution in [2.24, 2.45) is 0 Å². The highest BCUT2D eigenvalue weighted by molar-refractivity contribution is 5.13. The van der Waals surface area contributed by atoms with Crippen LogP contribution in [0.1, 0.15) is 31.4 Å². The first-order valence-electron chi connectivity index (χ1n) is 5.17. The van der Waals surface area contributed by atoms with Crippen LogP contribution >= 0.6 is 0 Å². The largest absolute Gasteiger partial charge is 0.307 e. The van der Waals surface area contributed by atoms with Crippen LogP contribution in [0.4, 0.5) is 0 Å². The average molecular weight is 188 g/mol. The maximum absolute atomic E-state index is 4.12. The normalized spacial score (nSPS) is 18.6. The summed E-state index contributed by atoms with van der Waals surface area (Å²) in [5.41, 5.74) is 1.26. The van der Waals surface area contributed by atoms with E-state index >= 15 is 0 Å². The second-order valence-corrected chi connectivity index (χ2v) is 3.81. The van der Waals surface area contributed by atoms with Crippen molar-refractivity contribution < 1.29 is 0 Å². The van der Waals surface area contributed by atoms with Crippen molar-refractivity contribution in [3.63, 3.8) is 0 Å². The molecule has 1 atom stereocenters. The Hall–Kier alpha value is -1.15. The maximum Gasteiger partial charge on any atom is 0.0315 e. The van der Waals surface area contributed by atoms with Gasteiger partial charge in [0.1, 0.15) is 0 Å². The number of pyridine rings is 1. The lowest BCUT2D eigenvalue weighted by Gasteiger charge is -2.19. The molecule has 1 N–H and O–H groups in total. The van der Waals surface area contributed by atoms with Crippen molar-refractivity contribution in [1.82, 2.24) is 10.3 Å². The molecule has 0 saturated heterocycles. The van der Waals surface area contributed by atoms with Gasteiger partial charge in [0.2, 0.25) is 0 Å². The molecule has 0 aliphatic heterocycles. The minimum absolute atomic E-state index is 0.397. The summed E-state index contributed by atoms with van der Waals surface area (Å²) in [6.45, 7) is 2.19. The van der Waals surface area contributed by atoms with Crippen LogP contribution in [0, 0.1) is 0 Å². The summed E-state index contributed by atoms with van der Waals surface area (Å²) in [6, 6.07) is 5.12. The number of aromatic nitrogens is 1. The Kier molecular flexibility index (Phi) is 2.94. The lowest BCUT2D eigenvalue weighted by Crippen LogP contribution is -2.29. The van der Waals surface area contributed by atoms with E-state index in [2.05, 4.69) is 35.4 Å². The van der Waals surface area contributed by atoms with Crippen LogP contribution < -0.4 is 5.32 Å². The monoisotopic (exact) mass is 188 g/mol. The topological polar surface area (TPSA) is 24.9 Å². The molecule has 0 saturated carbocycles. The molecular formula is C12H16N2. The van der Waals surface area contributed by atoms with Gasteiger partial charge in [-0.3, -0.25) is 4.98 Å². The summed E-state index contributed by atoms with van der Waals surface area (Å²) in [6.07, 6.45) is 10.5. The SMILES string of the molecule is CC(NC1CC=CC1)c1cccnc1. The molecule has 2 rings (SSSR count). The van der Waals surface area contributed by atoms with E-state index in [0.717, 1.165) is 12.8 Å². The van der Waals surface area contributed by atoms with Crippen molar-refractivity contribution in [2.75, 3.05) is 0 Å². The quantitative estimate of drug-likeness (QED) is 0.737. The Balaban J connectivity index is 1.92. The molecule has 0 amide bonds. The van der Waals surface area contributed by atoms with Crippen molar-refractivity contribution in [3.05, 3.63) is 42.2 Å². The zero-order chi connectivity index (χ0) is 9.80. The molecule has 1 aliphatic carbocycles. The Morgan fingerprint density at radius 1 is 1.43 bits per heavy atom. The summed E-state index contributed by atoms with van der Waals surface area (Å²) < 4.78 is 0. The maximum atomic E-state index is 4.12. The molecule has 14 heavy (non-hydrogen) atoms. The highest BCUT2D eigenvalue weighted by Crippen LogP contribution is 2.16. The molecule has 74 valence electrons. The fraction of sp³-hybridized carbons (Fsp3) is 0.417. The lowest BCUT2D eigenvalue weighted by atomic mass is 10.1. The Morgan fingerprint density at radius 2 is 2.21 bits per heavy atom. The highest BCUT2D eigenvalue weighted by atomic mass is 14.9. The van der Waals surface area contributed by atoms with Crippen LogP contribution in [0.3, 0.4) is 0 Å². The van der Waals surface area contributed by atoms with Crippen LogP contribution in [0.25, 0.3) is 0 Å². The van der Waals surface area contributed by atoms with E-state index in [0.29, 0.717) is 12.1 Å². The fourth-order valence-corrected chi connectivity index (χ4v) is 1.84. The van der Waals surface area contributed by atoms with Crippen molar-refractivity contribution in [1.29, 1.82) is 0 Å². The summed E-state index contributed by atoms with van der Waals surface area (Å²) >= 11 is 0. The standard InChI is InChI=1S/C12H16N2/c1-10(11-5-4-8-13-9-11)14-12-6-2-3-7-12/h2-5,8-10,12,14H,6-7H2,1H3. The molecule has 1 heterocycles. The molecule has 0 bridgehead atoms. The lowest BCUT2D eigenvalue weighted by molar-refractivity contribution is 0.470. The van der Waals surface area contributed by atoms with Crippen LogP contribution in [0.15, 0.2) is 36.7 Å². The van der Waals surface area contributed by atoms with Gasteiger partial charge in [-0.25, -0.2) is 0 Å². The van der Waals surface area contributed by atoms with Crippen molar-refractivity contribution in [2.45, 2.75) is 31.8 Å². The zero-order valence-electron chi connectivity index (χ0n) is 8.48. The van der Waals surface area contributed by atoms with E-state index in [1.165, 1.54) is 5.56 Å². The van der Waals surface area contributed by atoms with Gasteiger partial charge in [-0.15, -0.1) is 0 Å². The Morgan fingerprint density at radius 3 is 2.86 bits per heavy atom. The summed E-state index contributed by atoms with van der Waals surface area (Å²) in [7, 11) is 0. The molecule has 0 spiro atoms. The third kappa shape index (κ3) is 2.20. The van der Waals surface area contributed by atoms with Crippen LogP contribution in [0.5, 0.6) is 0 Å².